The van der Waals surface area contributed by atoms with Crippen LogP contribution in [-0.2, 0) is 9.53 Å². The monoisotopic (exact) mass is 268 g/mol. The van der Waals surface area contributed by atoms with Crippen molar-refractivity contribution >= 4 is 11.7 Å². The molecule has 1 aromatic carbocycles. The van der Waals surface area contributed by atoms with Crippen molar-refractivity contribution in [2.24, 2.45) is 0 Å². The van der Waals surface area contributed by atoms with Gasteiger partial charge in [-0.25, -0.2) is 4.39 Å². The third-order valence-corrected chi connectivity index (χ3v) is 2.85. The van der Waals surface area contributed by atoms with Gasteiger partial charge in [0.05, 0.1) is 7.11 Å². The molecule has 0 radical (unpaired) electrons. The van der Waals surface area contributed by atoms with E-state index >= 15 is 0 Å². The Hall–Kier alpha value is -1.62. The van der Waals surface area contributed by atoms with Gasteiger partial charge in [0.15, 0.2) is 0 Å². The molecule has 0 aliphatic rings. The smallest absolute Gasteiger partial charge is 0.324 e. The number of rotatable bonds is 7. The fourth-order valence-corrected chi connectivity index (χ4v) is 1.76. The third kappa shape index (κ3) is 4.87. The van der Waals surface area contributed by atoms with Crippen LogP contribution in [-0.4, -0.2) is 39.3 Å². The predicted octanol–water partition coefficient (Wildman–Crippen LogP) is 1.80. The maximum Gasteiger partial charge on any atom is 0.324 e. The highest BCUT2D eigenvalue weighted by atomic mass is 19.1. The van der Waals surface area contributed by atoms with Crippen molar-refractivity contribution in [1.29, 1.82) is 0 Å². The first-order valence-corrected chi connectivity index (χ1v) is 6.36. The van der Waals surface area contributed by atoms with Gasteiger partial charge < -0.3 is 15.0 Å². The lowest BCUT2D eigenvalue weighted by molar-refractivity contribution is -0.142. The number of benzene rings is 1. The van der Waals surface area contributed by atoms with Crippen molar-refractivity contribution in [3.05, 3.63) is 30.1 Å². The number of nitrogens with zero attached hydrogens (tertiary/aromatic N) is 1. The minimum absolute atomic E-state index is 0.272. The van der Waals surface area contributed by atoms with E-state index in [1.54, 1.807) is 12.1 Å². The van der Waals surface area contributed by atoms with Crippen LogP contribution in [0.5, 0.6) is 0 Å². The molecule has 1 rings (SSSR count). The van der Waals surface area contributed by atoms with Crippen molar-refractivity contribution in [3.8, 4) is 0 Å². The van der Waals surface area contributed by atoms with Crippen molar-refractivity contribution in [2.45, 2.75) is 19.4 Å². The van der Waals surface area contributed by atoms with Gasteiger partial charge in [-0.15, -0.1) is 0 Å². The van der Waals surface area contributed by atoms with Gasteiger partial charge in [-0.2, -0.15) is 0 Å². The van der Waals surface area contributed by atoms with Crippen LogP contribution >= 0.6 is 0 Å². The van der Waals surface area contributed by atoms with Crippen LogP contribution in [0.15, 0.2) is 24.3 Å². The fourth-order valence-electron chi connectivity index (χ4n) is 1.76. The Kier molecular flexibility index (Phi) is 6.29. The van der Waals surface area contributed by atoms with Crippen molar-refractivity contribution in [3.63, 3.8) is 0 Å². The van der Waals surface area contributed by atoms with E-state index in [2.05, 4.69) is 5.32 Å². The number of likely N-dealkylation sites (N-methyl/N-ethyl adjacent to an activating group) is 1. The lowest BCUT2D eigenvalue weighted by atomic mass is 10.2. The Morgan fingerprint density at radius 3 is 2.58 bits per heavy atom. The Labute approximate surface area is 113 Å². The summed E-state index contributed by atoms with van der Waals surface area (Å²) in [5.41, 5.74) is 0.855. The zero-order valence-corrected chi connectivity index (χ0v) is 11.6. The second-order valence-electron chi connectivity index (χ2n) is 4.39. The molecule has 19 heavy (non-hydrogen) atoms. The maximum atomic E-state index is 12.9. The summed E-state index contributed by atoms with van der Waals surface area (Å²) in [5.74, 6) is -0.562. The van der Waals surface area contributed by atoms with Crippen LogP contribution in [0.3, 0.4) is 0 Å². The van der Waals surface area contributed by atoms with E-state index in [4.69, 9.17) is 4.74 Å². The van der Waals surface area contributed by atoms with Crippen molar-refractivity contribution < 1.29 is 13.9 Å². The van der Waals surface area contributed by atoms with E-state index in [1.807, 2.05) is 18.9 Å². The average Bonchev–Trinajstić information content (AvgIpc) is 2.43. The number of halogens is 1. The van der Waals surface area contributed by atoms with E-state index in [0.29, 0.717) is 6.54 Å². The number of ether oxygens (including phenoxy) is 1. The van der Waals surface area contributed by atoms with Crippen molar-refractivity contribution in [2.75, 3.05) is 32.1 Å². The largest absolute Gasteiger partial charge is 0.468 e. The molecule has 0 amide bonds. The molecule has 0 fully saturated rings. The number of carbonyl (C=O) groups excluding carboxylic acids is 1. The van der Waals surface area contributed by atoms with Crippen LogP contribution in [0, 0.1) is 5.82 Å². The summed E-state index contributed by atoms with van der Waals surface area (Å²) in [6, 6.07) is 5.78. The van der Waals surface area contributed by atoms with Crippen LogP contribution < -0.4 is 10.2 Å². The number of hydrogen-bond acceptors (Lipinski definition) is 4. The summed E-state index contributed by atoms with van der Waals surface area (Å²) in [7, 11) is 3.23. The molecule has 4 nitrogen and oxygen atoms in total. The number of nitrogens with one attached hydrogen (secondary N) is 1. The lowest BCUT2D eigenvalue weighted by Crippen LogP contribution is -2.46. The zero-order chi connectivity index (χ0) is 14.3. The molecule has 0 aliphatic heterocycles. The summed E-state index contributed by atoms with van der Waals surface area (Å²) in [6.45, 7) is 3.25. The van der Waals surface area contributed by atoms with Crippen LogP contribution in [0.1, 0.15) is 13.3 Å². The van der Waals surface area contributed by atoms with Gasteiger partial charge in [-0.3, -0.25) is 4.79 Å². The summed E-state index contributed by atoms with van der Waals surface area (Å²) in [6.07, 6.45) is 0.938. The second kappa shape index (κ2) is 7.74. The van der Waals surface area contributed by atoms with Gasteiger partial charge >= 0.3 is 5.97 Å². The number of esters is 1. The number of carbonyl (C=O) groups is 1. The van der Waals surface area contributed by atoms with Gasteiger partial charge in [-0.1, -0.05) is 6.92 Å². The normalized spacial score (nSPS) is 12.0. The Morgan fingerprint density at radius 2 is 2.05 bits per heavy atom. The van der Waals surface area contributed by atoms with Crippen molar-refractivity contribution in [1.82, 2.24) is 5.32 Å². The molecule has 1 atom stereocenters. The predicted molar refractivity (Wildman–Crippen MR) is 73.8 cm³/mol. The highest BCUT2D eigenvalue weighted by Crippen LogP contribution is 2.13. The van der Waals surface area contributed by atoms with Gasteiger partial charge in [-0.05, 0) is 37.2 Å². The number of anilines is 1. The topological polar surface area (TPSA) is 41.6 Å². The molecule has 0 heterocycles. The molecule has 1 N–H and O–H groups in total. The molecule has 0 spiro atoms. The molecule has 0 aliphatic carbocycles. The molecular formula is C14H21FN2O2. The first kappa shape index (κ1) is 15.4. The highest BCUT2D eigenvalue weighted by Gasteiger charge is 2.20. The van der Waals surface area contributed by atoms with E-state index in [1.165, 1.54) is 19.2 Å². The summed E-state index contributed by atoms with van der Waals surface area (Å²) < 4.78 is 17.6. The molecule has 106 valence electrons. The molecule has 1 aromatic rings. The Morgan fingerprint density at radius 1 is 1.42 bits per heavy atom. The minimum atomic E-state index is -0.389. The van der Waals surface area contributed by atoms with Crippen LogP contribution in [0.2, 0.25) is 0 Å². The van der Waals surface area contributed by atoms with E-state index in [9.17, 15) is 9.18 Å². The molecular weight excluding hydrogens is 247 g/mol. The van der Waals surface area contributed by atoms with Gasteiger partial charge in [0, 0.05) is 19.3 Å². The highest BCUT2D eigenvalue weighted by molar-refractivity contribution is 5.76. The molecule has 0 saturated carbocycles. The van der Waals surface area contributed by atoms with E-state index in [-0.39, 0.29) is 17.8 Å². The summed E-state index contributed by atoms with van der Waals surface area (Å²) in [5, 5.41) is 3.14. The van der Waals surface area contributed by atoms with Crippen LogP contribution in [0.4, 0.5) is 10.1 Å². The fraction of sp³-hybridized carbons (Fsp3) is 0.500. The Bertz CT molecular complexity index is 395. The standard InChI is InChI=1S/C14H21FN2O2/c1-4-9-16-13(14(18)19-3)10-17(2)12-7-5-11(15)6-8-12/h5-8,13,16H,4,9-10H2,1-3H3. The molecule has 1 unspecified atom stereocenters. The molecule has 5 heteroatoms. The van der Waals surface area contributed by atoms with E-state index in [0.717, 1.165) is 18.7 Å². The quantitative estimate of drug-likeness (QED) is 0.766. The average molecular weight is 268 g/mol. The van der Waals surface area contributed by atoms with Gasteiger partial charge in [0.25, 0.3) is 0 Å². The number of methoxy groups -OCH3 is 1. The maximum absolute atomic E-state index is 12.9. The summed E-state index contributed by atoms with van der Waals surface area (Å²) in [4.78, 5) is 13.6. The second-order valence-corrected chi connectivity index (χ2v) is 4.39. The first-order chi connectivity index (χ1) is 9.08. The first-order valence-electron chi connectivity index (χ1n) is 6.36. The van der Waals surface area contributed by atoms with Crippen LogP contribution in [0.25, 0.3) is 0 Å². The SMILES string of the molecule is CCCNC(CN(C)c1ccc(F)cc1)C(=O)OC. The molecule has 0 aromatic heterocycles. The zero-order valence-electron chi connectivity index (χ0n) is 11.6. The van der Waals surface area contributed by atoms with Gasteiger partial charge in [0.2, 0.25) is 0 Å². The molecule has 0 bridgehead atoms. The third-order valence-electron chi connectivity index (χ3n) is 2.85. The minimum Gasteiger partial charge on any atom is -0.468 e. The Balaban J connectivity index is 2.66. The molecule has 0 saturated heterocycles. The van der Waals surface area contributed by atoms with E-state index < -0.39 is 0 Å². The number of hydrogen-bond donors (Lipinski definition) is 1. The summed E-state index contributed by atoms with van der Waals surface area (Å²) >= 11 is 0. The lowest BCUT2D eigenvalue weighted by Gasteiger charge is -2.25. The van der Waals surface area contributed by atoms with Gasteiger partial charge in [0.1, 0.15) is 11.9 Å².